The molecule has 0 unspecified atom stereocenters. The van der Waals surface area contributed by atoms with Crippen LogP contribution in [0.15, 0.2) is 39.9 Å². The second-order valence-electron chi connectivity index (χ2n) is 3.78. The number of furan rings is 1. The molecule has 0 saturated heterocycles. The zero-order chi connectivity index (χ0) is 14.5. The van der Waals surface area contributed by atoms with Crippen LogP contribution in [0.2, 0.25) is 10.0 Å². The number of benzene rings is 1. The molecule has 0 spiro atoms. The van der Waals surface area contributed by atoms with Crippen molar-refractivity contribution < 1.29 is 4.42 Å². The van der Waals surface area contributed by atoms with Gasteiger partial charge in [-0.05, 0) is 42.5 Å². The summed E-state index contributed by atoms with van der Waals surface area (Å²) in [6.07, 6.45) is 1.53. The van der Waals surface area contributed by atoms with Crippen molar-refractivity contribution in [1.29, 1.82) is 0 Å². The monoisotopic (exact) mass is 327 g/mol. The Bertz CT molecular complexity index is 655. The molecule has 0 fully saturated rings. The lowest BCUT2D eigenvalue weighted by molar-refractivity contribution is 0.574. The third kappa shape index (κ3) is 3.72. The van der Waals surface area contributed by atoms with Crippen molar-refractivity contribution in [3.8, 4) is 11.3 Å². The van der Waals surface area contributed by atoms with Crippen molar-refractivity contribution >= 4 is 46.7 Å². The Hall–Kier alpha value is -1.56. The first-order valence-electron chi connectivity index (χ1n) is 5.66. The molecule has 1 aromatic carbocycles. The maximum Gasteiger partial charge on any atom is 0.186 e. The van der Waals surface area contributed by atoms with Crippen LogP contribution in [0, 0.1) is 0 Å². The smallest absolute Gasteiger partial charge is 0.186 e. The lowest BCUT2D eigenvalue weighted by atomic mass is 10.2. The summed E-state index contributed by atoms with van der Waals surface area (Å²) in [5.74, 6) is 1.28. The molecule has 0 radical (unpaired) electrons. The molecule has 1 heterocycles. The van der Waals surface area contributed by atoms with Crippen molar-refractivity contribution in [2.75, 3.05) is 7.05 Å². The Morgan fingerprint density at radius 1 is 1.25 bits per heavy atom. The van der Waals surface area contributed by atoms with Crippen LogP contribution in [0.5, 0.6) is 0 Å². The maximum absolute atomic E-state index is 5.97. The largest absolute Gasteiger partial charge is 0.455 e. The predicted octanol–water partition coefficient (Wildman–Crippen LogP) is 3.68. The summed E-state index contributed by atoms with van der Waals surface area (Å²) in [5, 5.41) is 8.09. The highest BCUT2D eigenvalue weighted by Gasteiger charge is 2.06. The number of nitrogens with zero attached hydrogens (tertiary/aromatic N) is 1. The van der Waals surface area contributed by atoms with Gasteiger partial charge in [-0.15, -0.1) is 0 Å². The van der Waals surface area contributed by atoms with Gasteiger partial charge >= 0.3 is 0 Å². The Morgan fingerprint density at radius 3 is 2.75 bits per heavy atom. The van der Waals surface area contributed by atoms with Crippen molar-refractivity contribution in [3.05, 3.63) is 46.1 Å². The van der Waals surface area contributed by atoms with Gasteiger partial charge in [-0.1, -0.05) is 23.2 Å². The van der Waals surface area contributed by atoms with E-state index in [4.69, 9.17) is 39.8 Å². The highest BCUT2D eigenvalue weighted by Crippen LogP contribution is 2.29. The summed E-state index contributed by atoms with van der Waals surface area (Å²) in [5.41, 5.74) is 3.48. The van der Waals surface area contributed by atoms with Gasteiger partial charge < -0.3 is 9.73 Å². The van der Waals surface area contributed by atoms with Crippen LogP contribution in [0.1, 0.15) is 5.76 Å². The number of nitrogens with one attached hydrogen (secondary N) is 2. The normalized spacial score (nSPS) is 10.8. The zero-order valence-corrected chi connectivity index (χ0v) is 12.8. The molecule has 2 aromatic rings. The lowest BCUT2D eigenvalue weighted by Crippen LogP contribution is -2.28. The van der Waals surface area contributed by atoms with E-state index in [-0.39, 0.29) is 0 Å². The van der Waals surface area contributed by atoms with E-state index in [1.165, 1.54) is 6.21 Å². The molecule has 2 N–H and O–H groups in total. The SMILES string of the molecule is CNC(=S)N/N=C/c1ccc(-c2ccc(Cl)c(Cl)c2)o1. The predicted molar refractivity (Wildman–Crippen MR) is 86.6 cm³/mol. The first-order valence-corrected chi connectivity index (χ1v) is 6.82. The molecule has 1 aromatic heterocycles. The van der Waals surface area contributed by atoms with Gasteiger partial charge in [-0.2, -0.15) is 5.10 Å². The quantitative estimate of drug-likeness (QED) is 0.513. The van der Waals surface area contributed by atoms with E-state index in [1.54, 1.807) is 25.2 Å². The first-order chi connectivity index (χ1) is 9.60. The van der Waals surface area contributed by atoms with Crippen LogP contribution in [0.25, 0.3) is 11.3 Å². The fraction of sp³-hybridized carbons (Fsp3) is 0.0769. The highest BCUT2D eigenvalue weighted by atomic mass is 35.5. The standard InChI is InChI=1S/C13H11Cl2N3OS/c1-16-13(20)18-17-7-9-3-5-12(19-9)8-2-4-10(14)11(15)6-8/h2-7H,1H3,(H2,16,18,20)/b17-7+. The average molecular weight is 328 g/mol. The fourth-order valence-electron chi connectivity index (χ4n) is 1.44. The number of halogens is 2. The van der Waals surface area contributed by atoms with E-state index in [9.17, 15) is 0 Å². The van der Waals surface area contributed by atoms with Crippen LogP contribution in [-0.4, -0.2) is 18.4 Å². The van der Waals surface area contributed by atoms with Gasteiger partial charge in [0.1, 0.15) is 11.5 Å². The van der Waals surface area contributed by atoms with Gasteiger partial charge in [0.2, 0.25) is 0 Å². The number of hydrogen-bond acceptors (Lipinski definition) is 3. The third-order valence-electron chi connectivity index (χ3n) is 2.42. The van der Waals surface area contributed by atoms with E-state index >= 15 is 0 Å². The minimum atomic E-state index is 0.428. The molecule has 104 valence electrons. The molecule has 7 heteroatoms. The molecule has 0 aliphatic rings. The average Bonchev–Trinajstić information content (AvgIpc) is 2.90. The van der Waals surface area contributed by atoms with Gasteiger partial charge in [0.15, 0.2) is 5.11 Å². The number of rotatable bonds is 3. The fourth-order valence-corrected chi connectivity index (χ4v) is 1.79. The number of hydrogen-bond donors (Lipinski definition) is 2. The summed E-state index contributed by atoms with van der Waals surface area (Å²) in [4.78, 5) is 0. The molecule has 4 nitrogen and oxygen atoms in total. The second kappa shape index (κ2) is 6.74. The Morgan fingerprint density at radius 2 is 2.05 bits per heavy atom. The lowest BCUT2D eigenvalue weighted by Gasteiger charge is -2.00. The van der Waals surface area contributed by atoms with Crippen molar-refractivity contribution in [3.63, 3.8) is 0 Å². The van der Waals surface area contributed by atoms with Crippen LogP contribution in [0.4, 0.5) is 0 Å². The summed E-state index contributed by atoms with van der Waals surface area (Å²) in [6.45, 7) is 0. The zero-order valence-electron chi connectivity index (χ0n) is 10.5. The van der Waals surface area contributed by atoms with E-state index < -0.39 is 0 Å². The van der Waals surface area contributed by atoms with Crippen molar-refractivity contribution in [1.82, 2.24) is 10.7 Å². The maximum atomic E-state index is 5.97. The highest BCUT2D eigenvalue weighted by molar-refractivity contribution is 7.80. The van der Waals surface area contributed by atoms with Gasteiger partial charge in [-0.3, -0.25) is 5.43 Å². The molecular formula is C13H11Cl2N3OS. The van der Waals surface area contributed by atoms with Crippen LogP contribution >= 0.6 is 35.4 Å². The minimum Gasteiger partial charge on any atom is -0.455 e. The molecule has 0 bridgehead atoms. The second-order valence-corrected chi connectivity index (χ2v) is 5.00. The summed E-state index contributed by atoms with van der Waals surface area (Å²) >= 11 is 16.7. The Balaban J connectivity index is 2.12. The summed E-state index contributed by atoms with van der Waals surface area (Å²) in [7, 11) is 1.71. The molecule has 20 heavy (non-hydrogen) atoms. The molecule has 0 aliphatic carbocycles. The van der Waals surface area contributed by atoms with Gasteiger partial charge in [0.05, 0.1) is 16.3 Å². The molecule has 0 amide bonds. The van der Waals surface area contributed by atoms with E-state index in [2.05, 4.69) is 15.8 Å². The first kappa shape index (κ1) is 14.8. The van der Waals surface area contributed by atoms with E-state index in [1.807, 2.05) is 12.1 Å². The molecule has 0 atom stereocenters. The van der Waals surface area contributed by atoms with Gasteiger partial charge in [-0.25, -0.2) is 0 Å². The molecule has 0 saturated carbocycles. The van der Waals surface area contributed by atoms with E-state index in [0.717, 1.165) is 5.56 Å². The Labute approximate surface area is 131 Å². The number of hydrazone groups is 1. The van der Waals surface area contributed by atoms with E-state index in [0.29, 0.717) is 26.7 Å². The van der Waals surface area contributed by atoms with Crippen LogP contribution in [-0.2, 0) is 0 Å². The molecule has 2 rings (SSSR count). The van der Waals surface area contributed by atoms with Crippen molar-refractivity contribution in [2.24, 2.45) is 5.10 Å². The molecular weight excluding hydrogens is 317 g/mol. The van der Waals surface area contributed by atoms with Crippen molar-refractivity contribution in [2.45, 2.75) is 0 Å². The van der Waals surface area contributed by atoms with Gasteiger partial charge in [0.25, 0.3) is 0 Å². The van der Waals surface area contributed by atoms with Crippen LogP contribution < -0.4 is 10.7 Å². The van der Waals surface area contributed by atoms with Crippen LogP contribution in [0.3, 0.4) is 0 Å². The van der Waals surface area contributed by atoms with Gasteiger partial charge in [0, 0.05) is 12.6 Å². The minimum absolute atomic E-state index is 0.428. The third-order valence-corrected chi connectivity index (χ3v) is 3.45. The summed E-state index contributed by atoms with van der Waals surface area (Å²) < 4.78 is 5.63. The number of thiocarbonyl (C=S) groups is 1. The molecule has 0 aliphatic heterocycles. The topological polar surface area (TPSA) is 49.6 Å². The summed E-state index contributed by atoms with van der Waals surface area (Å²) in [6, 6.07) is 8.94. The Kier molecular flexibility index (Phi) is 5.00.